The number of carbonyl (C=O) groups excluding carboxylic acids is 2. The normalized spacial score (nSPS) is 15.2. The quantitative estimate of drug-likeness (QED) is 0.617. The first kappa shape index (κ1) is 20.2. The molecule has 1 heterocycles. The van der Waals surface area contributed by atoms with E-state index in [0.717, 1.165) is 12.0 Å². The van der Waals surface area contributed by atoms with Crippen LogP contribution in [0.2, 0.25) is 0 Å². The number of esters is 1. The fourth-order valence-electron chi connectivity index (χ4n) is 3.35. The van der Waals surface area contributed by atoms with E-state index in [4.69, 9.17) is 9.47 Å². The van der Waals surface area contributed by atoms with Gasteiger partial charge in [-0.3, -0.25) is 9.69 Å². The van der Waals surface area contributed by atoms with Gasteiger partial charge in [-0.2, -0.15) is 0 Å². The summed E-state index contributed by atoms with van der Waals surface area (Å²) in [6.45, 7) is 3.75. The number of allylic oxidation sites excluding steroid dienone is 1. The number of phenols is 1. The third kappa shape index (κ3) is 3.61. The number of hydrogen-bond donors (Lipinski definition) is 1. The molecule has 1 amide bonds. The van der Waals surface area contributed by atoms with E-state index >= 15 is 0 Å². The van der Waals surface area contributed by atoms with Crippen LogP contribution in [0.25, 0.3) is 6.08 Å². The van der Waals surface area contributed by atoms with E-state index in [2.05, 4.69) is 6.92 Å². The first-order valence-corrected chi connectivity index (χ1v) is 9.23. The van der Waals surface area contributed by atoms with Crippen molar-refractivity contribution in [2.45, 2.75) is 20.3 Å². The zero-order valence-electron chi connectivity index (χ0n) is 16.9. The number of nitrogens with zero attached hydrogens (tertiary/aromatic N) is 1. The van der Waals surface area contributed by atoms with Crippen LogP contribution >= 0.6 is 0 Å². The van der Waals surface area contributed by atoms with Gasteiger partial charge in [0, 0.05) is 16.9 Å². The molecule has 29 heavy (non-hydrogen) atoms. The van der Waals surface area contributed by atoms with Gasteiger partial charge in [0.15, 0.2) is 11.5 Å². The summed E-state index contributed by atoms with van der Waals surface area (Å²) in [5, 5.41) is 10.4. The highest BCUT2D eigenvalue weighted by Crippen LogP contribution is 2.38. The van der Waals surface area contributed by atoms with Gasteiger partial charge in [-0.15, -0.1) is 0 Å². The highest BCUT2D eigenvalue weighted by molar-refractivity contribution is 6.23. The molecule has 2 aromatic rings. The van der Waals surface area contributed by atoms with E-state index in [1.54, 1.807) is 25.1 Å². The molecular formula is C23H23NO5. The Balaban J connectivity index is 2.14. The molecule has 0 unspecified atom stereocenters. The highest BCUT2D eigenvalue weighted by Gasteiger charge is 2.38. The van der Waals surface area contributed by atoms with Gasteiger partial charge in [0.25, 0.3) is 5.91 Å². The number of rotatable bonds is 5. The highest BCUT2D eigenvalue weighted by atomic mass is 16.5. The minimum Gasteiger partial charge on any atom is -0.504 e. The summed E-state index contributed by atoms with van der Waals surface area (Å²) in [5.74, 6) is -0.813. The Bertz CT molecular complexity index is 1020. The number of carbonyl (C=O) groups is 2. The van der Waals surface area contributed by atoms with E-state index in [9.17, 15) is 14.7 Å². The Morgan fingerprint density at radius 3 is 2.41 bits per heavy atom. The van der Waals surface area contributed by atoms with Crippen molar-refractivity contribution in [3.05, 3.63) is 70.4 Å². The van der Waals surface area contributed by atoms with E-state index in [1.165, 1.54) is 25.2 Å². The summed E-state index contributed by atoms with van der Waals surface area (Å²) in [6, 6.07) is 12.5. The van der Waals surface area contributed by atoms with Crippen LogP contribution in [-0.2, 0) is 20.7 Å². The number of methoxy groups -OCH3 is 2. The number of aryl methyl sites for hydroxylation is 1. The second-order valence-corrected chi connectivity index (χ2v) is 6.57. The van der Waals surface area contributed by atoms with Crippen LogP contribution in [0.1, 0.15) is 25.0 Å². The molecule has 1 aliphatic rings. The molecule has 0 atom stereocenters. The largest absolute Gasteiger partial charge is 0.504 e. The maximum atomic E-state index is 13.3. The summed E-state index contributed by atoms with van der Waals surface area (Å²) >= 11 is 0. The average Bonchev–Trinajstić information content (AvgIpc) is 2.98. The number of amides is 1. The Hall–Kier alpha value is -3.54. The maximum absolute atomic E-state index is 13.3. The Kier molecular flexibility index (Phi) is 5.73. The van der Waals surface area contributed by atoms with Crippen LogP contribution in [0.5, 0.6) is 11.5 Å². The molecule has 6 heteroatoms. The smallest absolute Gasteiger partial charge is 0.340 e. The number of ether oxygens (including phenoxy) is 2. The van der Waals surface area contributed by atoms with E-state index in [0.29, 0.717) is 16.9 Å². The molecule has 6 nitrogen and oxygen atoms in total. The first-order chi connectivity index (χ1) is 13.9. The van der Waals surface area contributed by atoms with Crippen molar-refractivity contribution in [2.24, 2.45) is 0 Å². The monoisotopic (exact) mass is 393 g/mol. The van der Waals surface area contributed by atoms with Crippen molar-refractivity contribution in [1.29, 1.82) is 0 Å². The van der Waals surface area contributed by atoms with Crippen LogP contribution in [0.3, 0.4) is 0 Å². The first-order valence-electron chi connectivity index (χ1n) is 9.23. The standard InChI is InChI=1S/C23H23NO5/c1-5-15-9-11-17(12-10-15)24-14(2)20(23(27)29-4)18(22(24)26)13-16-7-6-8-19(28-3)21(16)25/h6-13,25H,5H2,1-4H3/b18-13-. The second kappa shape index (κ2) is 8.22. The number of benzene rings is 2. The van der Waals surface area contributed by atoms with E-state index < -0.39 is 5.97 Å². The molecule has 0 aromatic heterocycles. The van der Waals surface area contributed by atoms with Gasteiger partial charge in [-0.05, 0) is 43.2 Å². The van der Waals surface area contributed by atoms with Crippen molar-refractivity contribution in [2.75, 3.05) is 19.1 Å². The maximum Gasteiger partial charge on any atom is 0.340 e. The molecule has 1 aliphatic heterocycles. The molecular weight excluding hydrogens is 370 g/mol. The van der Waals surface area contributed by atoms with Gasteiger partial charge < -0.3 is 14.6 Å². The van der Waals surface area contributed by atoms with Crippen LogP contribution < -0.4 is 9.64 Å². The van der Waals surface area contributed by atoms with Crippen LogP contribution in [-0.4, -0.2) is 31.2 Å². The van der Waals surface area contributed by atoms with Crippen LogP contribution in [0, 0.1) is 0 Å². The minimum atomic E-state index is -0.614. The number of para-hydroxylation sites is 1. The van der Waals surface area contributed by atoms with Gasteiger partial charge in [-0.1, -0.05) is 31.2 Å². The molecule has 0 spiro atoms. The summed E-state index contributed by atoms with van der Waals surface area (Å²) in [6.07, 6.45) is 2.37. The predicted octanol–water partition coefficient (Wildman–Crippen LogP) is 3.84. The number of anilines is 1. The molecule has 3 rings (SSSR count). The van der Waals surface area contributed by atoms with Gasteiger partial charge in [0.2, 0.25) is 0 Å². The summed E-state index contributed by atoms with van der Waals surface area (Å²) < 4.78 is 10.0. The van der Waals surface area contributed by atoms with Gasteiger partial charge >= 0.3 is 5.97 Å². The minimum absolute atomic E-state index is 0.108. The molecule has 0 bridgehead atoms. The second-order valence-electron chi connectivity index (χ2n) is 6.57. The van der Waals surface area contributed by atoms with Crippen molar-refractivity contribution in [3.8, 4) is 11.5 Å². The molecule has 1 N–H and O–H groups in total. The molecule has 0 aliphatic carbocycles. The lowest BCUT2D eigenvalue weighted by molar-refractivity contribution is -0.136. The molecule has 150 valence electrons. The zero-order chi connectivity index (χ0) is 21.1. The predicted molar refractivity (Wildman–Crippen MR) is 111 cm³/mol. The number of hydrogen-bond acceptors (Lipinski definition) is 5. The lowest BCUT2D eigenvalue weighted by Crippen LogP contribution is -2.24. The fraction of sp³-hybridized carbons (Fsp3) is 0.217. The zero-order valence-corrected chi connectivity index (χ0v) is 16.9. The number of aromatic hydroxyl groups is 1. The topological polar surface area (TPSA) is 76.1 Å². The van der Waals surface area contributed by atoms with E-state index in [-0.39, 0.29) is 28.6 Å². The molecule has 0 fully saturated rings. The van der Waals surface area contributed by atoms with Gasteiger partial charge in [0.05, 0.1) is 25.4 Å². The van der Waals surface area contributed by atoms with Gasteiger partial charge in [-0.25, -0.2) is 4.79 Å². The third-order valence-electron chi connectivity index (χ3n) is 4.94. The SMILES string of the molecule is CCc1ccc(N2C(=O)/C(=C\c3cccc(OC)c3O)C(C(=O)OC)=C2C)cc1. The summed E-state index contributed by atoms with van der Waals surface area (Å²) in [7, 11) is 2.71. The molecule has 0 radical (unpaired) electrons. The van der Waals surface area contributed by atoms with Crippen LogP contribution in [0.15, 0.2) is 59.3 Å². The lowest BCUT2D eigenvalue weighted by Gasteiger charge is -2.18. The van der Waals surface area contributed by atoms with Crippen molar-refractivity contribution >= 4 is 23.6 Å². The number of phenolic OH excluding ortho intramolecular Hbond substituents is 1. The van der Waals surface area contributed by atoms with Crippen molar-refractivity contribution in [1.82, 2.24) is 0 Å². The third-order valence-corrected chi connectivity index (χ3v) is 4.94. The fourth-order valence-corrected chi connectivity index (χ4v) is 3.35. The van der Waals surface area contributed by atoms with Crippen LogP contribution in [0.4, 0.5) is 5.69 Å². The molecule has 0 saturated carbocycles. The van der Waals surface area contributed by atoms with Crippen molar-refractivity contribution in [3.63, 3.8) is 0 Å². The average molecular weight is 393 g/mol. The molecule has 0 saturated heterocycles. The Morgan fingerprint density at radius 2 is 1.83 bits per heavy atom. The molecule has 2 aromatic carbocycles. The lowest BCUT2D eigenvalue weighted by atomic mass is 10.0. The summed E-state index contributed by atoms with van der Waals surface area (Å²) in [4.78, 5) is 27.2. The van der Waals surface area contributed by atoms with Crippen molar-refractivity contribution < 1.29 is 24.2 Å². The Labute approximate surface area is 169 Å². The summed E-state index contributed by atoms with van der Waals surface area (Å²) in [5.41, 5.74) is 2.96. The van der Waals surface area contributed by atoms with Gasteiger partial charge in [0.1, 0.15) is 0 Å². The van der Waals surface area contributed by atoms with E-state index in [1.807, 2.05) is 24.3 Å². The Morgan fingerprint density at radius 1 is 1.14 bits per heavy atom.